The van der Waals surface area contributed by atoms with Gasteiger partial charge in [0.1, 0.15) is 17.4 Å². The molecule has 2 atom stereocenters. The number of allylic oxidation sites excluding steroid dienone is 1. The zero-order valence-electron chi connectivity index (χ0n) is 27.9. The van der Waals surface area contributed by atoms with Crippen molar-refractivity contribution in [2.45, 2.75) is 18.9 Å². The summed E-state index contributed by atoms with van der Waals surface area (Å²) in [6.07, 6.45) is 7.61. The molecule has 6 nitrogen and oxygen atoms in total. The molecule has 0 spiro atoms. The van der Waals surface area contributed by atoms with E-state index in [0.29, 0.717) is 28.8 Å². The lowest BCUT2D eigenvalue weighted by Crippen LogP contribution is -2.14. The average Bonchev–Trinajstić information content (AvgIpc) is 3.76. The number of hydrogen-bond donors (Lipinski definition) is 0. The van der Waals surface area contributed by atoms with Gasteiger partial charge in [0.15, 0.2) is 17.5 Å². The van der Waals surface area contributed by atoms with Gasteiger partial charge >= 0.3 is 0 Å². The van der Waals surface area contributed by atoms with E-state index in [-0.39, 0.29) is 12.0 Å². The molecule has 5 aromatic carbocycles. The van der Waals surface area contributed by atoms with E-state index in [1.54, 1.807) is 6.20 Å². The number of pyridine rings is 1. The second-order valence-corrected chi connectivity index (χ2v) is 12.5. The van der Waals surface area contributed by atoms with Gasteiger partial charge in [-0.1, -0.05) is 103 Å². The topological polar surface area (TPSA) is 73.9 Å². The van der Waals surface area contributed by atoms with Crippen LogP contribution in [0.25, 0.3) is 78.5 Å². The SMILES string of the molecule is C=CC1c2c(cccc2-c2nc(-c3ccccc3)nc(-c3c(-c4cccc(-c5ccccc5)c4)ccc4oc5ncccc5c34)n2)OC1/C=C\C. The maximum atomic E-state index is 6.41. The Hall–Kier alpha value is -6.66. The summed E-state index contributed by atoms with van der Waals surface area (Å²) in [5.74, 6) is 2.39. The van der Waals surface area contributed by atoms with Crippen molar-refractivity contribution in [3.63, 3.8) is 0 Å². The molecule has 0 radical (unpaired) electrons. The molecule has 9 rings (SSSR count). The van der Waals surface area contributed by atoms with Crippen LogP contribution in [0.5, 0.6) is 5.75 Å². The molecule has 8 aromatic rings. The zero-order chi connectivity index (χ0) is 34.3. The number of aromatic nitrogens is 4. The molecule has 51 heavy (non-hydrogen) atoms. The first kappa shape index (κ1) is 30.4. The first-order valence-corrected chi connectivity index (χ1v) is 17.0. The Bertz CT molecular complexity index is 2610. The Morgan fingerprint density at radius 1 is 0.647 bits per heavy atom. The highest BCUT2D eigenvalue weighted by Gasteiger charge is 2.34. The minimum Gasteiger partial charge on any atom is -0.485 e. The van der Waals surface area contributed by atoms with Crippen molar-refractivity contribution >= 4 is 22.1 Å². The van der Waals surface area contributed by atoms with E-state index in [1.165, 1.54) is 0 Å². The van der Waals surface area contributed by atoms with Crippen LogP contribution in [0.1, 0.15) is 18.4 Å². The summed E-state index contributed by atoms with van der Waals surface area (Å²) in [5.41, 5.74) is 9.15. The molecule has 0 bridgehead atoms. The summed E-state index contributed by atoms with van der Waals surface area (Å²) in [6, 6.07) is 43.2. The Morgan fingerprint density at radius 2 is 1.37 bits per heavy atom. The van der Waals surface area contributed by atoms with Crippen LogP contribution < -0.4 is 4.74 Å². The van der Waals surface area contributed by atoms with Gasteiger partial charge in [-0.05, 0) is 71.7 Å². The molecule has 244 valence electrons. The molecular weight excluding hydrogens is 629 g/mol. The first-order valence-electron chi connectivity index (χ1n) is 17.0. The molecular formula is C45H32N4O2. The van der Waals surface area contributed by atoms with E-state index >= 15 is 0 Å². The van der Waals surface area contributed by atoms with Crippen LogP contribution in [0.15, 0.2) is 163 Å². The fourth-order valence-electron chi connectivity index (χ4n) is 7.17. The number of hydrogen-bond acceptors (Lipinski definition) is 6. The monoisotopic (exact) mass is 660 g/mol. The molecule has 6 heteroatoms. The third-order valence-electron chi connectivity index (χ3n) is 9.48. The van der Waals surface area contributed by atoms with Crippen LogP contribution in [0.2, 0.25) is 0 Å². The standard InChI is InChI=1S/C45H32N4O2/c1-3-14-36-32(4-2)39-34(21-12-23-37(39)50-36)43-47-42(29-17-9-6-10-18-29)48-44(49-43)41-33(24-25-38-40(41)35-22-13-26-46-45(35)51-38)31-20-11-19-30(27-31)28-15-7-5-8-16-28/h3-27,32,36H,2H2,1H3/b14-3-. The number of furan rings is 1. The van der Waals surface area contributed by atoms with Crippen LogP contribution in [-0.2, 0) is 0 Å². The molecule has 1 aliphatic heterocycles. The summed E-state index contributed by atoms with van der Waals surface area (Å²) in [7, 11) is 0. The maximum Gasteiger partial charge on any atom is 0.227 e. The number of benzene rings is 5. The van der Waals surface area contributed by atoms with E-state index in [9.17, 15) is 0 Å². The first-order chi connectivity index (χ1) is 25.2. The van der Waals surface area contributed by atoms with Gasteiger partial charge in [0.05, 0.1) is 0 Å². The lowest BCUT2D eigenvalue weighted by atomic mass is 9.90. The van der Waals surface area contributed by atoms with Gasteiger partial charge in [0, 0.05) is 45.1 Å². The van der Waals surface area contributed by atoms with Crippen molar-refractivity contribution in [2.75, 3.05) is 0 Å². The Labute approximate surface area is 295 Å². The highest BCUT2D eigenvalue weighted by Crippen LogP contribution is 2.46. The molecule has 1 aliphatic rings. The molecule has 0 saturated carbocycles. The lowest BCUT2D eigenvalue weighted by Gasteiger charge is -2.16. The number of nitrogens with zero attached hydrogens (tertiary/aromatic N) is 4. The second-order valence-electron chi connectivity index (χ2n) is 12.5. The molecule has 0 amide bonds. The van der Waals surface area contributed by atoms with Crippen LogP contribution >= 0.6 is 0 Å². The Kier molecular flexibility index (Phi) is 7.55. The minimum atomic E-state index is -0.166. The van der Waals surface area contributed by atoms with Crippen LogP contribution in [0.4, 0.5) is 0 Å². The number of fused-ring (bicyclic) bond motifs is 4. The van der Waals surface area contributed by atoms with E-state index in [1.807, 2.05) is 85.8 Å². The maximum absolute atomic E-state index is 6.41. The average molecular weight is 661 g/mol. The lowest BCUT2D eigenvalue weighted by molar-refractivity contribution is 0.270. The van der Waals surface area contributed by atoms with Crippen molar-refractivity contribution in [2.24, 2.45) is 0 Å². The number of ether oxygens (including phenoxy) is 1. The molecule has 3 aromatic heterocycles. The van der Waals surface area contributed by atoms with Crippen molar-refractivity contribution in [3.05, 3.63) is 164 Å². The zero-order valence-corrected chi connectivity index (χ0v) is 27.9. The van der Waals surface area contributed by atoms with E-state index in [2.05, 4.69) is 78.3 Å². The predicted octanol–water partition coefficient (Wildman–Crippen LogP) is 11.1. The fourth-order valence-corrected chi connectivity index (χ4v) is 7.17. The van der Waals surface area contributed by atoms with Crippen LogP contribution in [0.3, 0.4) is 0 Å². The summed E-state index contributed by atoms with van der Waals surface area (Å²) < 4.78 is 12.8. The van der Waals surface area contributed by atoms with Gasteiger partial charge < -0.3 is 9.15 Å². The summed E-state index contributed by atoms with van der Waals surface area (Å²) in [6.45, 7) is 6.19. The number of rotatable bonds is 7. The normalized spacial score (nSPS) is 15.3. The fraction of sp³-hybridized carbons (Fsp3) is 0.0667. The summed E-state index contributed by atoms with van der Waals surface area (Å²) in [5, 5.41) is 1.79. The Balaban J connectivity index is 1.35. The van der Waals surface area contributed by atoms with Crippen molar-refractivity contribution in [1.82, 2.24) is 19.9 Å². The van der Waals surface area contributed by atoms with Crippen molar-refractivity contribution in [1.29, 1.82) is 0 Å². The Morgan fingerprint density at radius 3 is 2.18 bits per heavy atom. The third-order valence-corrected chi connectivity index (χ3v) is 9.48. The van der Waals surface area contributed by atoms with Crippen molar-refractivity contribution in [3.8, 4) is 62.2 Å². The summed E-state index contributed by atoms with van der Waals surface area (Å²) in [4.78, 5) is 20.3. The van der Waals surface area contributed by atoms with Gasteiger partial charge in [0.2, 0.25) is 5.71 Å². The van der Waals surface area contributed by atoms with E-state index in [0.717, 1.165) is 61.0 Å². The molecule has 0 saturated heterocycles. The quantitative estimate of drug-likeness (QED) is 0.158. The van der Waals surface area contributed by atoms with Gasteiger partial charge in [-0.3, -0.25) is 0 Å². The molecule has 0 fully saturated rings. The highest BCUT2D eigenvalue weighted by molar-refractivity contribution is 6.14. The van der Waals surface area contributed by atoms with Crippen LogP contribution in [-0.4, -0.2) is 26.0 Å². The highest BCUT2D eigenvalue weighted by atomic mass is 16.5. The predicted molar refractivity (Wildman–Crippen MR) is 204 cm³/mol. The van der Waals surface area contributed by atoms with Crippen LogP contribution in [0, 0.1) is 0 Å². The largest absolute Gasteiger partial charge is 0.485 e. The summed E-state index contributed by atoms with van der Waals surface area (Å²) >= 11 is 0. The third kappa shape index (κ3) is 5.29. The molecule has 0 N–H and O–H groups in total. The minimum absolute atomic E-state index is 0.0728. The van der Waals surface area contributed by atoms with Gasteiger partial charge in [-0.2, -0.15) is 0 Å². The van der Waals surface area contributed by atoms with E-state index < -0.39 is 0 Å². The van der Waals surface area contributed by atoms with Gasteiger partial charge in [-0.25, -0.2) is 19.9 Å². The molecule has 2 unspecified atom stereocenters. The van der Waals surface area contributed by atoms with Gasteiger partial charge in [-0.15, -0.1) is 6.58 Å². The van der Waals surface area contributed by atoms with Gasteiger partial charge in [0.25, 0.3) is 0 Å². The van der Waals surface area contributed by atoms with E-state index in [4.69, 9.17) is 24.1 Å². The smallest absolute Gasteiger partial charge is 0.227 e. The molecule has 4 heterocycles. The van der Waals surface area contributed by atoms with Crippen molar-refractivity contribution < 1.29 is 9.15 Å². The molecule has 0 aliphatic carbocycles. The second kappa shape index (κ2) is 12.7.